The summed E-state index contributed by atoms with van der Waals surface area (Å²) in [6, 6.07) is 6.48. The second-order valence-electron chi connectivity index (χ2n) is 5.85. The minimum absolute atomic E-state index is 0.0177. The van der Waals surface area contributed by atoms with Gasteiger partial charge in [0.25, 0.3) is 0 Å². The van der Waals surface area contributed by atoms with E-state index < -0.39 is 5.91 Å². The zero-order chi connectivity index (χ0) is 15.4. The first kappa shape index (κ1) is 15.5. The van der Waals surface area contributed by atoms with Crippen molar-refractivity contribution < 1.29 is 9.59 Å². The predicted molar refractivity (Wildman–Crippen MR) is 83.0 cm³/mol. The van der Waals surface area contributed by atoms with Crippen LogP contribution < -0.4 is 11.1 Å². The Balaban J connectivity index is 1.95. The molecule has 2 amide bonds. The first-order valence-corrected chi connectivity index (χ1v) is 7.42. The highest BCUT2D eigenvalue weighted by atomic mass is 16.2. The van der Waals surface area contributed by atoms with Crippen LogP contribution in [0.2, 0.25) is 0 Å². The summed E-state index contributed by atoms with van der Waals surface area (Å²) in [5, 5.41) is 2.89. The van der Waals surface area contributed by atoms with Crippen LogP contribution in [0, 0.1) is 5.92 Å². The number of amides is 2. The van der Waals surface area contributed by atoms with Crippen molar-refractivity contribution in [3.8, 4) is 0 Å². The van der Waals surface area contributed by atoms with Crippen LogP contribution in [-0.4, -0.2) is 35.8 Å². The van der Waals surface area contributed by atoms with Gasteiger partial charge in [-0.25, -0.2) is 0 Å². The second kappa shape index (κ2) is 6.72. The number of nitrogens with zero attached hydrogens (tertiary/aromatic N) is 1. The van der Waals surface area contributed by atoms with E-state index in [1.165, 1.54) is 6.42 Å². The van der Waals surface area contributed by atoms with Crippen molar-refractivity contribution in [2.24, 2.45) is 11.7 Å². The molecule has 1 aromatic rings. The molecule has 5 nitrogen and oxygen atoms in total. The van der Waals surface area contributed by atoms with E-state index in [-0.39, 0.29) is 11.9 Å². The van der Waals surface area contributed by atoms with Crippen LogP contribution in [0.4, 0.5) is 5.69 Å². The summed E-state index contributed by atoms with van der Waals surface area (Å²) in [6.45, 7) is 6.10. The number of primary amides is 1. The summed E-state index contributed by atoms with van der Waals surface area (Å²) in [7, 11) is 0. The molecule has 3 N–H and O–H groups in total. The van der Waals surface area contributed by atoms with Crippen molar-refractivity contribution in [2.45, 2.75) is 32.7 Å². The Kier molecular flexibility index (Phi) is 4.96. The van der Waals surface area contributed by atoms with Gasteiger partial charge >= 0.3 is 0 Å². The van der Waals surface area contributed by atoms with Crippen molar-refractivity contribution in [3.05, 3.63) is 29.8 Å². The van der Waals surface area contributed by atoms with Crippen LogP contribution in [0.3, 0.4) is 0 Å². The molecule has 2 rings (SSSR count). The molecule has 0 unspecified atom stereocenters. The number of nitrogens with one attached hydrogen (secondary N) is 1. The van der Waals surface area contributed by atoms with E-state index in [1.807, 2.05) is 6.92 Å². The smallest absolute Gasteiger partial charge is 0.248 e. The number of piperidine rings is 1. The third-order valence-electron chi connectivity index (χ3n) is 4.05. The number of nitrogens with two attached hydrogens (primary N) is 1. The molecule has 0 aliphatic carbocycles. The van der Waals surface area contributed by atoms with Gasteiger partial charge in [-0.15, -0.1) is 0 Å². The second-order valence-corrected chi connectivity index (χ2v) is 5.85. The maximum atomic E-state index is 12.3. The Labute approximate surface area is 125 Å². The van der Waals surface area contributed by atoms with Gasteiger partial charge in [0.05, 0.1) is 6.04 Å². The summed E-state index contributed by atoms with van der Waals surface area (Å²) in [6.07, 6.45) is 2.38. The van der Waals surface area contributed by atoms with Crippen LogP contribution >= 0.6 is 0 Å². The lowest BCUT2D eigenvalue weighted by Crippen LogP contribution is -2.46. The quantitative estimate of drug-likeness (QED) is 0.888. The van der Waals surface area contributed by atoms with E-state index in [0.29, 0.717) is 17.2 Å². The maximum Gasteiger partial charge on any atom is 0.248 e. The molecule has 1 aliphatic rings. The molecule has 0 spiro atoms. The Morgan fingerprint density at radius 3 is 2.57 bits per heavy atom. The minimum Gasteiger partial charge on any atom is -0.366 e. The van der Waals surface area contributed by atoms with Crippen molar-refractivity contribution in [3.63, 3.8) is 0 Å². The van der Waals surface area contributed by atoms with E-state index in [0.717, 1.165) is 19.5 Å². The van der Waals surface area contributed by atoms with E-state index in [2.05, 4.69) is 17.1 Å². The van der Waals surface area contributed by atoms with Crippen molar-refractivity contribution in [1.29, 1.82) is 0 Å². The molecule has 0 radical (unpaired) electrons. The Bertz CT molecular complexity index is 513. The van der Waals surface area contributed by atoms with Gasteiger partial charge in [-0.2, -0.15) is 0 Å². The van der Waals surface area contributed by atoms with Gasteiger partial charge < -0.3 is 11.1 Å². The van der Waals surface area contributed by atoms with E-state index in [1.54, 1.807) is 24.3 Å². The highest BCUT2D eigenvalue weighted by molar-refractivity contribution is 5.96. The van der Waals surface area contributed by atoms with E-state index >= 15 is 0 Å². The molecule has 1 fully saturated rings. The first-order valence-electron chi connectivity index (χ1n) is 7.42. The SMILES string of the molecule is C[C@H]1CCCN([C@H](C)C(=O)Nc2ccc(C(N)=O)cc2)C1. The third-order valence-corrected chi connectivity index (χ3v) is 4.05. The van der Waals surface area contributed by atoms with Crippen LogP contribution in [0.25, 0.3) is 0 Å². The molecule has 1 aliphatic heterocycles. The third kappa shape index (κ3) is 4.04. The lowest BCUT2D eigenvalue weighted by Gasteiger charge is -2.34. The Morgan fingerprint density at radius 1 is 1.33 bits per heavy atom. The molecule has 1 saturated heterocycles. The molecular formula is C16H23N3O2. The molecule has 114 valence electrons. The van der Waals surface area contributed by atoms with Crippen LogP contribution in [0.5, 0.6) is 0 Å². The molecule has 0 bridgehead atoms. The van der Waals surface area contributed by atoms with Gasteiger partial charge in [-0.1, -0.05) is 6.92 Å². The summed E-state index contributed by atoms with van der Waals surface area (Å²) < 4.78 is 0. The maximum absolute atomic E-state index is 12.3. The van der Waals surface area contributed by atoms with E-state index in [9.17, 15) is 9.59 Å². The number of rotatable bonds is 4. The standard InChI is InChI=1S/C16H23N3O2/c1-11-4-3-9-19(10-11)12(2)16(21)18-14-7-5-13(6-8-14)15(17)20/h5-8,11-12H,3-4,9-10H2,1-2H3,(H2,17,20)(H,18,21)/t11-,12+/m0/s1. The fourth-order valence-electron chi connectivity index (χ4n) is 2.71. The lowest BCUT2D eigenvalue weighted by atomic mass is 9.99. The van der Waals surface area contributed by atoms with Crippen LogP contribution in [-0.2, 0) is 4.79 Å². The average Bonchev–Trinajstić information content (AvgIpc) is 2.47. The zero-order valence-corrected chi connectivity index (χ0v) is 12.6. The predicted octanol–water partition coefficient (Wildman–Crippen LogP) is 1.84. The number of hydrogen-bond donors (Lipinski definition) is 2. The Morgan fingerprint density at radius 2 is 2.00 bits per heavy atom. The minimum atomic E-state index is -0.469. The fraction of sp³-hybridized carbons (Fsp3) is 0.500. The molecule has 5 heteroatoms. The lowest BCUT2D eigenvalue weighted by molar-refractivity contribution is -0.121. The van der Waals surface area contributed by atoms with Crippen molar-refractivity contribution >= 4 is 17.5 Å². The molecule has 1 heterocycles. The van der Waals surface area contributed by atoms with Gasteiger partial charge in [0.1, 0.15) is 0 Å². The highest BCUT2D eigenvalue weighted by Gasteiger charge is 2.25. The number of likely N-dealkylation sites (tertiary alicyclic amines) is 1. The fourth-order valence-corrected chi connectivity index (χ4v) is 2.71. The molecular weight excluding hydrogens is 266 g/mol. The molecule has 0 aromatic heterocycles. The topological polar surface area (TPSA) is 75.4 Å². The summed E-state index contributed by atoms with van der Waals surface area (Å²) >= 11 is 0. The van der Waals surface area contributed by atoms with Gasteiger partial charge in [-0.05, 0) is 56.5 Å². The summed E-state index contributed by atoms with van der Waals surface area (Å²) in [4.78, 5) is 25.5. The van der Waals surface area contributed by atoms with Crippen molar-refractivity contribution in [2.75, 3.05) is 18.4 Å². The van der Waals surface area contributed by atoms with Crippen molar-refractivity contribution in [1.82, 2.24) is 4.90 Å². The van der Waals surface area contributed by atoms with Gasteiger partial charge in [0.2, 0.25) is 11.8 Å². The molecule has 0 saturated carbocycles. The van der Waals surface area contributed by atoms with Gasteiger partial charge in [-0.3, -0.25) is 14.5 Å². The number of benzene rings is 1. The van der Waals surface area contributed by atoms with Gasteiger partial charge in [0.15, 0.2) is 0 Å². The largest absolute Gasteiger partial charge is 0.366 e. The van der Waals surface area contributed by atoms with Crippen LogP contribution in [0.15, 0.2) is 24.3 Å². The van der Waals surface area contributed by atoms with Crippen LogP contribution in [0.1, 0.15) is 37.0 Å². The summed E-state index contributed by atoms with van der Waals surface area (Å²) in [5.74, 6) is 0.156. The first-order chi connectivity index (χ1) is 9.97. The zero-order valence-electron chi connectivity index (χ0n) is 12.6. The Hall–Kier alpha value is -1.88. The number of carbonyl (C=O) groups is 2. The van der Waals surface area contributed by atoms with Gasteiger partial charge in [0, 0.05) is 17.8 Å². The molecule has 1 aromatic carbocycles. The number of carbonyl (C=O) groups excluding carboxylic acids is 2. The summed E-state index contributed by atoms with van der Waals surface area (Å²) in [5.41, 5.74) is 6.31. The monoisotopic (exact) mass is 289 g/mol. The number of hydrogen-bond acceptors (Lipinski definition) is 3. The molecule has 21 heavy (non-hydrogen) atoms. The number of anilines is 1. The highest BCUT2D eigenvalue weighted by Crippen LogP contribution is 2.18. The average molecular weight is 289 g/mol. The molecule has 2 atom stereocenters. The van der Waals surface area contributed by atoms with E-state index in [4.69, 9.17) is 5.73 Å². The normalized spacial score (nSPS) is 20.8.